The number of rotatable bonds is 3. The highest BCUT2D eigenvalue weighted by Gasteiger charge is 2.49. The topological polar surface area (TPSA) is 48.3 Å². The van der Waals surface area contributed by atoms with Gasteiger partial charge >= 0.3 is 5.97 Å². The Hall–Kier alpha value is -1.58. The first kappa shape index (κ1) is 11.9. The van der Waals surface area contributed by atoms with E-state index in [-0.39, 0.29) is 5.97 Å². The monoisotopic (exact) mass is 235 g/mol. The second-order valence-electron chi connectivity index (χ2n) is 4.75. The number of nitrogens with zero attached hydrogens (tertiary/aromatic N) is 1. The third-order valence-electron chi connectivity index (χ3n) is 3.88. The molecule has 1 saturated carbocycles. The van der Waals surface area contributed by atoms with Gasteiger partial charge in [0.15, 0.2) is 0 Å². The maximum absolute atomic E-state index is 11.9. The average Bonchev–Trinajstić information content (AvgIpc) is 3.09. The minimum atomic E-state index is -0.445. The van der Waals surface area contributed by atoms with Crippen molar-refractivity contribution >= 4 is 12.3 Å². The van der Waals surface area contributed by atoms with Crippen LogP contribution in [0.4, 0.5) is 0 Å². The van der Waals surface area contributed by atoms with Crippen LogP contribution >= 0.6 is 0 Å². The predicted octanol–water partition coefficient (Wildman–Crippen LogP) is 1.66. The Labute approximate surface area is 101 Å². The zero-order valence-electron chi connectivity index (χ0n) is 10.7. The lowest BCUT2D eigenvalue weighted by atomic mass is 9.93. The molecule has 0 spiro atoms. The first-order chi connectivity index (χ1) is 7.98. The Bertz CT molecular complexity index is 495. The van der Waals surface area contributed by atoms with Crippen molar-refractivity contribution in [3.05, 3.63) is 22.5 Å². The molecule has 1 heterocycles. The van der Waals surface area contributed by atoms with Gasteiger partial charge in [-0.1, -0.05) is 0 Å². The summed E-state index contributed by atoms with van der Waals surface area (Å²) in [6.07, 6.45) is 2.62. The molecule has 1 aliphatic carbocycles. The van der Waals surface area contributed by atoms with Crippen molar-refractivity contribution in [2.24, 2.45) is 7.05 Å². The average molecular weight is 235 g/mol. The van der Waals surface area contributed by atoms with Gasteiger partial charge in [-0.05, 0) is 26.7 Å². The van der Waals surface area contributed by atoms with Gasteiger partial charge in [0.2, 0.25) is 0 Å². The molecule has 0 unspecified atom stereocenters. The second kappa shape index (κ2) is 3.72. The summed E-state index contributed by atoms with van der Waals surface area (Å²) in [5.74, 6) is -0.352. The van der Waals surface area contributed by atoms with Crippen LogP contribution in [-0.2, 0) is 22.0 Å². The van der Waals surface area contributed by atoms with E-state index in [9.17, 15) is 9.59 Å². The van der Waals surface area contributed by atoms with Crippen LogP contribution in [0.1, 0.15) is 40.2 Å². The van der Waals surface area contributed by atoms with Crippen molar-refractivity contribution < 1.29 is 14.3 Å². The zero-order chi connectivity index (χ0) is 12.8. The van der Waals surface area contributed by atoms with Gasteiger partial charge in [0.1, 0.15) is 6.29 Å². The predicted molar refractivity (Wildman–Crippen MR) is 63.2 cm³/mol. The van der Waals surface area contributed by atoms with Crippen LogP contribution in [-0.4, -0.2) is 23.9 Å². The molecule has 2 rings (SSSR count). The fourth-order valence-electron chi connectivity index (χ4n) is 2.47. The molecule has 1 aromatic rings. The summed E-state index contributed by atoms with van der Waals surface area (Å²) in [5.41, 5.74) is 2.82. The maximum Gasteiger partial charge on any atom is 0.340 e. The zero-order valence-corrected chi connectivity index (χ0v) is 10.7. The molecule has 1 fully saturated rings. The van der Waals surface area contributed by atoms with Crippen LogP contribution in [0.5, 0.6) is 0 Å². The van der Waals surface area contributed by atoms with Crippen molar-refractivity contribution in [1.29, 1.82) is 0 Å². The van der Waals surface area contributed by atoms with E-state index in [1.807, 2.05) is 25.5 Å². The van der Waals surface area contributed by atoms with Crippen LogP contribution in [0.2, 0.25) is 0 Å². The van der Waals surface area contributed by atoms with Crippen LogP contribution in [0.15, 0.2) is 0 Å². The quantitative estimate of drug-likeness (QED) is 0.591. The van der Waals surface area contributed by atoms with Crippen molar-refractivity contribution in [3.63, 3.8) is 0 Å². The first-order valence-electron chi connectivity index (χ1n) is 5.69. The fourth-order valence-corrected chi connectivity index (χ4v) is 2.47. The first-order valence-corrected chi connectivity index (χ1v) is 5.69. The second-order valence-corrected chi connectivity index (χ2v) is 4.75. The minimum Gasteiger partial charge on any atom is -0.465 e. The molecule has 0 bridgehead atoms. The molecule has 0 amide bonds. The number of esters is 1. The van der Waals surface area contributed by atoms with E-state index < -0.39 is 5.41 Å². The molecule has 17 heavy (non-hydrogen) atoms. The Kier molecular flexibility index (Phi) is 2.60. The number of carbonyl (C=O) groups is 2. The van der Waals surface area contributed by atoms with E-state index in [2.05, 4.69) is 0 Å². The summed E-state index contributed by atoms with van der Waals surface area (Å²) >= 11 is 0. The van der Waals surface area contributed by atoms with Gasteiger partial charge in [-0.25, -0.2) is 4.79 Å². The van der Waals surface area contributed by atoms with Gasteiger partial charge in [0.25, 0.3) is 0 Å². The lowest BCUT2D eigenvalue weighted by Gasteiger charge is -2.10. The summed E-state index contributed by atoms with van der Waals surface area (Å²) in [7, 11) is 3.27. The smallest absolute Gasteiger partial charge is 0.340 e. The fraction of sp³-hybridized carbons (Fsp3) is 0.538. The molecule has 0 aliphatic heterocycles. The number of hydrogen-bond acceptors (Lipinski definition) is 3. The Morgan fingerprint density at radius 2 is 1.94 bits per heavy atom. The third-order valence-corrected chi connectivity index (χ3v) is 3.88. The standard InChI is InChI=1S/C13H17NO3/c1-8-10(12(16)17-4)11(9(2)14(8)3)13(7-15)5-6-13/h7H,5-6H2,1-4H3. The minimum absolute atomic E-state index is 0.352. The number of hydrogen-bond donors (Lipinski definition) is 0. The number of aldehydes is 1. The van der Waals surface area contributed by atoms with Crippen LogP contribution in [0.3, 0.4) is 0 Å². The van der Waals surface area contributed by atoms with Crippen molar-refractivity contribution in [2.75, 3.05) is 7.11 Å². The van der Waals surface area contributed by atoms with E-state index >= 15 is 0 Å². The van der Waals surface area contributed by atoms with E-state index in [0.717, 1.165) is 36.1 Å². The summed E-state index contributed by atoms with van der Waals surface area (Å²) in [5, 5.41) is 0. The molecule has 0 N–H and O–H groups in total. The van der Waals surface area contributed by atoms with Crippen molar-refractivity contribution in [2.45, 2.75) is 32.1 Å². The van der Waals surface area contributed by atoms with Gasteiger partial charge in [-0.2, -0.15) is 0 Å². The van der Waals surface area contributed by atoms with E-state index in [1.165, 1.54) is 7.11 Å². The summed E-state index contributed by atoms with van der Waals surface area (Å²) in [4.78, 5) is 23.1. The molecule has 4 nitrogen and oxygen atoms in total. The van der Waals surface area contributed by atoms with Crippen molar-refractivity contribution in [1.82, 2.24) is 4.57 Å². The highest BCUT2D eigenvalue weighted by molar-refractivity contribution is 5.96. The van der Waals surface area contributed by atoms with Gasteiger partial charge in [-0.3, -0.25) is 0 Å². The number of methoxy groups -OCH3 is 1. The third kappa shape index (κ3) is 1.51. The van der Waals surface area contributed by atoms with E-state index in [4.69, 9.17) is 4.74 Å². The molecule has 92 valence electrons. The largest absolute Gasteiger partial charge is 0.465 e. The molecule has 0 saturated heterocycles. The summed E-state index contributed by atoms with van der Waals surface area (Å²) < 4.78 is 6.77. The number of ether oxygens (including phenoxy) is 1. The highest BCUT2D eigenvalue weighted by atomic mass is 16.5. The maximum atomic E-state index is 11.9. The molecule has 1 aliphatic rings. The lowest BCUT2D eigenvalue weighted by molar-refractivity contribution is -0.109. The molecular formula is C13H17NO3. The SMILES string of the molecule is COC(=O)c1c(C2(C=O)CC2)c(C)n(C)c1C. The van der Waals surface area contributed by atoms with Crippen molar-refractivity contribution in [3.8, 4) is 0 Å². The number of aromatic nitrogens is 1. The normalized spacial score (nSPS) is 16.7. The van der Waals surface area contributed by atoms with E-state index in [1.54, 1.807) is 0 Å². The summed E-state index contributed by atoms with van der Waals surface area (Å²) in [6.45, 7) is 3.82. The summed E-state index contributed by atoms with van der Waals surface area (Å²) in [6, 6.07) is 0. The highest BCUT2D eigenvalue weighted by Crippen LogP contribution is 2.50. The van der Waals surface area contributed by atoms with Crippen LogP contribution < -0.4 is 0 Å². The Morgan fingerprint density at radius 1 is 1.35 bits per heavy atom. The lowest BCUT2D eigenvalue weighted by Crippen LogP contribution is -2.15. The van der Waals surface area contributed by atoms with E-state index in [0.29, 0.717) is 5.56 Å². The van der Waals surface area contributed by atoms with Gasteiger partial charge < -0.3 is 14.1 Å². The Balaban J connectivity index is 2.69. The van der Waals surface area contributed by atoms with Gasteiger partial charge in [0, 0.05) is 24.0 Å². The van der Waals surface area contributed by atoms with Crippen LogP contribution in [0, 0.1) is 13.8 Å². The van der Waals surface area contributed by atoms with Gasteiger partial charge in [-0.15, -0.1) is 0 Å². The molecular weight excluding hydrogens is 218 g/mol. The van der Waals surface area contributed by atoms with Gasteiger partial charge in [0.05, 0.1) is 18.1 Å². The molecule has 0 radical (unpaired) electrons. The molecule has 0 atom stereocenters. The number of carbonyl (C=O) groups excluding carboxylic acids is 2. The molecule has 0 aromatic carbocycles. The Morgan fingerprint density at radius 3 is 2.35 bits per heavy atom. The molecule has 1 aromatic heterocycles. The molecule has 4 heteroatoms. The van der Waals surface area contributed by atoms with Crippen LogP contribution in [0.25, 0.3) is 0 Å².